The SMILES string of the molecule is Cc1ccc2c(c1)c1occc1n2[Si](C)(C)C. The zero-order chi connectivity index (χ0) is 12.2. The smallest absolute Gasteiger partial charge is 0.158 e. The second-order valence-electron chi connectivity index (χ2n) is 5.66. The molecule has 17 heavy (non-hydrogen) atoms. The summed E-state index contributed by atoms with van der Waals surface area (Å²) in [4.78, 5) is 0. The maximum Gasteiger partial charge on any atom is 0.158 e. The number of fused-ring (bicyclic) bond motifs is 3. The fourth-order valence-corrected chi connectivity index (χ4v) is 4.38. The van der Waals surface area contributed by atoms with Gasteiger partial charge in [0.15, 0.2) is 13.8 Å². The van der Waals surface area contributed by atoms with Crippen molar-refractivity contribution in [3.8, 4) is 0 Å². The highest BCUT2D eigenvalue weighted by atomic mass is 28.3. The number of aromatic nitrogens is 1. The maximum atomic E-state index is 5.66. The molecule has 0 saturated carbocycles. The van der Waals surface area contributed by atoms with Gasteiger partial charge in [-0.05, 0) is 19.1 Å². The quantitative estimate of drug-likeness (QED) is 0.580. The average Bonchev–Trinajstić information content (AvgIpc) is 2.75. The molecule has 0 aliphatic rings. The molecule has 0 N–H and O–H groups in total. The molecule has 0 atom stereocenters. The molecule has 2 aromatic heterocycles. The number of furan rings is 1. The number of hydrogen-bond donors (Lipinski definition) is 0. The standard InChI is InChI=1S/C14H17NOSi/c1-10-5-6-12-11(9-10)14-13(7-8-16-14)15(12)17(2,3)4/h5-9H,1-4H3. The van der Waals surface area contributed by atoms with Crippen LogP contribution in [0.25, 0.3) is 22.0 Å². The van der Waals surface area contributed by atoms with E-state index in [0.717, 1.165) is 5.58 Å². The van der Waals surface area contributed by atoms with Crippen molar-refractivity contribution in [1.82, 2.24) is 4.23 Å². The highest BCUT2D eigenvalue weighted by molar-refractivity contribution is 6.76. The summed E-state index contributed by atoms with van der Waals surface area (Å²) in [5.41, 5.74) is 4.86. The van der Waals surface area contributed by atoms with Crippen molar-refractivity contribution < 1.29 is 4.42 Å². The number of hydrogen-bond acceptors (Lipinski definition) is 1. The summed E-state index contributed by atoms with van der Waals surface area (Å²) in [5, 5.41) is 1.24. The van der Waals surface area contributed by atoms with Crippen molar-refractivity contribution in [3.63, 3.8) is 0 Å². The van der Waals surface area contributed by atoms with Crippen molar-refractivity contribution in [2.24, 2.45) is 0 Å². The minimum atomic E-state index is -1.43. The lowest BCUT2D eigenvalue weighted by atomic mass is 10.2. The summed E-state index contributed by atoms with van der Waals surface area (Å²) in [7, 11) is -1.43. The van der Waals surface area contributed by atoms with Crippen LogP contribution in [0, 0.1) is 6.92 Å². The van der Waals surface area contributed by atoms with Gasteiger partial charge in [-0.2, -0.15) is 0 Å². The molecule has 0 radical (unpaired) electrons. The van der Waals surface area contributed by atoms with Crippen molar-refractivity contribution in [2.45, 2.75) is 26.6 Å². The van der Waals surface area contributed by atoms with Gasteiger partial charge >= 0.3 is 0 Å². The Kier molecular flexibility index (Phi) is 2.04. The summed E-state index contributed by atoms with van der Waals surface area (Å²) in [6, 6.07) is 8.71. The fraction of sp³-hybridized carbons (Fsp3) is 0.286. The first-order valence-electron chi connectivity index (χ1n) is 5.97. The van der Waals surface area contributed by atoms with Gasteiger partial charge in [0.25, 0.3) is 0 Å². The van der Waals surface area contributed by atoms with Crippen LogP contribution in [0.3, 0.4) is 0 Å². The van der Waals surface area contributed by atoms with Crippen LogP contribution in [0.1, 0.15) is 5.56 Å². The summed E-state index contributed by atoms with van der Waals surface area (Å²) in [6.07, 6.45) is 1.79. The van der Waals surface area contributed by atoms with Crippen LogP contribution in [0.5, 0.6) is 0 Å². The molecule has 1 aromatic carbocycles. The zero-order valence-electron chi connectivity index (χ0n) is 10.7. The first-order valence-corrected chi connectivity index (χ1v) is 9.42. The molecule has 3 rings (SSSR count). The van der Waals surface area contributed by atoms with E-state index in [2.05, 4.69) is 55.1 Å². The molecular formula is C14H17NOSi. The molecule has 88 valence electrons. The maximum absolute atomic E-state index is 5.66. The molecule has 0 unspecified atom stereocenters. The van der Waals surface area contributed by atoms with Crippen molar-refractivity contribution in [2.75, 3.05) is 0 Å². The van der Waals surface area contributed by atoms with Gasteiger partial charge in [-0.25, -0.2) is 0 Å². The highest BCUT2D eigenvalue weighted by Gasteiger charge is 2.23. The topological polar surface area (TPSA) is 18.1 Å². The summed E-state index contributed by atoms with van der Waals surface area (Å²) >= 11 is 0. The largest absolute Gasteiger partial charge is 0.462 e. The summed E-state index contributed by atoms with van der Waals surface area (Å²) in [6.45, 7) is 9.20. The average molecular weight is 243 g/mol. The third-order valence-corrected chi connectivity index (χ3v) is 5.02. The van der Waals surface area contributed by atoms with Gasteiger partial charge in [0, 0.05) is 17.0 Å². The Morgan fingerprint density at radius 1 is 1.06 bits per heavy atom. The highest BCUT2D eigenvalue weighted by Crippen LogP contribution is 2.32. The van der Waals surface area contributed by atoms with E-state index in [1.807, 2.05) is 0 Å². The third kappa shape index (κ3) is 1.46. The van der Waals surface area contributed by atoms with Gasteiger partial charge in [-0.1, -0.05) is 31.3 Å². The Bertz CT molecular complexity index is 700. The van der Waals surface area contributed by atoms with E-state index in [4.69, 9.17) is 4.42 Å². The molecule has 3 aromatic rings. The number of benzene rings is 1. The molecule has 2 heterocycles. The molecule has 3 heteroatoms. The third-order valence-electron chi connectivity index (χ3n) is 3.19. The van der Waals surface area contributed by atoms with Crippen LogP contribution in [-0.2, 0) is 0 Å². The Morgan fingerprint density at radius 2 is 1.82 bits per heavy atom. The minimum absolute atomic E-state index is 1.03. The lowest BCUT2D eigenvalue weighted by Gasteiger charge is -2.20. The molecular weight excluding hydrogens is 226 g/mol. The van der Waals surface area contributed by atoms with Crippen LogP contribution < -0.4 is 0 Å². The van der Waals surface area contributed by atoms with Crippen LogP contribution in [0.15, 0.2) is 34.9 Å². The number of nitrogens with zero attached hydrogens (tertiary/aromatic N) is 1. The predicted molar refractivity (Wildman–Crippen MR) is 75.2 cm³/mol. The molecule has 0 aliphatic heterocycles. The minimum Gasteiger partial charge on any atom is -0.462 e. The lowest BCUT2D eigenvalue weighted by molar-refractivity contribution is 0.619. The monoisotopic (exact) mass is 243 g/mol. The van der Waals surface area contributed by atoms with Crippen LogP contribution in [-0.4, -0.2) is 12.5 Å². The number of aryl methyl sites for hydroxylation is 1. The van der Waals surface area contributed by atoms with Gasteiger partial charge in [-0.3, -0.25) is 0 Å². The fourth-order valence-electron chi connectivity index (χ4n) is 2.56. The van der Waals surface area contributed by atoms with E-state index in [1.165, 1.54) is 22.0 Å². The van der Waals surface area contributed by atoms with Gasteiger partial charge in [0.1, 0.15) is 0 Å². The first-order chi connectivity index (χ1) is 7.98. The van der Waals surface area contributed by atoms with Gasteiger partial charge < -0.3 is 8.65 Å². The van der Waals surface area contributed by atoms with E-state index < -0.39 is 8.24 Å². The Hall–Kier alpha value is -1.48. The molecule has 0 spiro atoms. The zero-order valence-corrected chi connectivity index (χ0v) is 11.7. The predicted octanol–water partition coefficient (Wildman–Crippen LogP) is 4.38. The van der Waals surface area contributed by atoms with Gasteiger partial charge in [-0.15, -0.1) is 0 Å². The van der Waals surface area contributed by atoms with Crippen LogP contribution >= 0.6 is 0 Å². The second kappa shape index (κ2) is 3.26. The molecule has 0 aliphatic carbocycles. The van der Waals surface area contributed by atoms with Crippen molar-refractivity contribution in [3.05, 3.63) is 36.1 Å². The lowest BCUT2D eigenvalue weighted by Crippen LogP contribution is -2.31. The Morgan fingerprint density at radius 3 is 2.53 bits per heavy atom. The summed E-state index contributed by atoms with van der Waals surface area (Å²) < 4.78 is 8.15. The first kappa shape index (κ1) is 10.7. The van der Waals surface area contributed by atoms with Crippen molar-refractivity contribution in [1.29, 1.82) is 0 Å². The van der Waals surface area contributed by atoms with E-state index in [-0.39, 0.29) is 0 Å². The molecule has 0 amide bonds. The van der Waals surface area contributed by atoms with E-state index in [1.54, 1.807) is 6.26 Å². The van der Waals surface area contributed by atoms with E-state index in [0.29, 0.717) is 0 Å². The molecule has 0 saturated heterocycles. The molecule has 2 nitrogen and oxygen atoms in total. The van der Waals surface area contributed by atoms with Crippen molar-refractivity contribution >= 4 is 30.2 Å². The Labute approximate surface area is 102 Å². The van der Waals surface area contributed by atoms with Gasteiger partial charge in [0.05, 0.1) is 11.8 Å². The van der Waals surface area contributed by atoms with Crippen LogP contribution in [0.4, 0.5) is 0 Å². The Balaban J connectivity index is 2.56. The number of rotatable bonds is 1. The van der Waals surface area contributed by atoms with E-state index >= 15 is 0 Å². The molecule has 0 fully saturated rings. The second-order valence-corrected chi connectivity index (χ2v) is 10.5. The summed E-state index contributed by atoms with van der Waals surface area (Å²) in [5.74, 6) is 0. The van der Waals surface area contributed by atoms with E-state index in [9.17, 15) is 0 Å². The van der Waals surface area contributed by atoms with Gasteiger partial charge in [0.2, 0.25) is 0 Å². The van der Waals surface area contributed by atoms with Crippen LogP contribution in [0.2, 0.25) is 19.6 Å². The normalized spacial score (nSPS) is 12.7. The molecule has 0 bridgehead atoms.